The number of halogens is 3. The molecule has 0 spiro atoms. The lowest BCUT2D eigenvalue weighted by Gasteiger charge is -2.10. The molecule has 0 rings (SSSR count). The van der Waals surface area contributed by atoms with E-state index in [9.17, 15) is 17.7 Å². The fraction of sp³-hybridized carbons (Fsp3) is 0.600. The Balaban J connectivity index is 4.55. The zero-order valence-corrected chi connectivity index (χ0v) is 7.06. The third-order valence-corrected chi connectivity index (χ3v) is 2.25. The van der Waals surface area contributed by atoms with E-state index in [2.05, 4.69) is 0 Å². The van der Waals surface area contributed by atoms with Gasteiger partial charge in [0.05, 0.1) is 6.42 Å². The summed E-state index contributed by atoms with van der Waals surface area (Å²) in [6, 6.07) is 0. The largest absolute Gasteiger partial charge is 0.393 e. The second-order valence-electron chi connectivity index (χ2n) is 2.12. The molecule has 2 N–H and O–H groups in total. The first kappa shape index (κ1) is 11.7. The van der Waals surface area contributed by atoms with Crippen LogP contribution in [0, 0.1) is 0 Å². The van der Waals surface area contributed by atoms with E-state index < -0.39 is 25.5 Å². The molecule has 0 aromatic rings. The molecule has 0 aliphatic carbocycles. The van der Waals surface area contributed by atoms with Gasteiger partial charge < -0.3 is 9.79 Å². The van der Waals surface area contributed by atoms with Crippen LogP contribution >= 0.6 is 7.60 Å². The topological polar surface area (TPSA) is 57.5 Å². The van der Waals surface area contributed by atoms with Crippen molar-refractivity contribution in [3.63, 3.8) is 0 Å². The molecule has 0 fully saturated rings. The molecule has 12 heavy (non-hydrogen) atoms. The third-order valence-electron chi connectivity index (χ3n) is 1.09. The second kappa shape index (κ2) is 3.60. The van der Waals surface area contributed by atoms with Gasteiger partial charge >= 0.3 is 13.8 Å². The number of rotatable bonds is 2. The maximum Gasteiger partial charge on any atom is 0.393 e. The Kier molecular flexibility index (Phi) is 3.50. The first-order valence-electron chi connectivity index (χ1n) is 2.95. The number of hydrogen-bond acceptors (Lipinski definition) is 1. The Morgan fingerprint density at radius 3 is 2.00 bits per heavy atom. The first-order chi connectivity index (χ1) is 5.17. The molecule has 0 amide bonds. The lowest BCUT2D eigenvalue weighted by Crippen LogP contribution is -2.08. The lowest BCUT2D eigenvalue weighted by atomic mass is 10.4. The molecule has 3 nitrogen and oxygen atoms in total. The van der Waals surface area contributed by atoms with Crippen LogP contribution in [0.25, 0.3) is 0 Å². The number of hydrogen-bond donors (Lipinski definition) is 2. The zero-order chi connectivity index (χ0) is 9.99. The summed E-state index contributed by atoms with van der Waals surface area (Å²) < 4.78 is 45.3. The van der Waals surface area contributed by atoms with Gasteiger partial charge in [-0.05, 0) is 6.92 Å². The molecule has 7 heteroatoms. The highest BCUT2D eigenvalue weighted by Gasteiger charge is 2.34. The minimum absolute atomic E-state index is 0.786. The van der Waals surface area contributed by atoms with Gasteiger partial charge in [0.2, 0.25) is 0 Å². The molecular weight excluding hydrogens is 196 g/mol. The van der Waals surface area contributed by atoms with Gasteiger partial charge in [0.25, 0.3) is 0 Å². The highest BCUT2D eigenvalue weighted by molar-refractivity contribution is 7.56. The van der Waals surface area contributed by atoms with Gasteiger partial charge in [-0.1, -0.05) is 6.08 Å². The smallest absolute Gasteiger partial charge is 0.321 e. The molecule has 0 saturated carbocycles. The quantitative estimate of drug-likeness (QED) is 0.676. The summed E-state index contributed by atoms with van der Waals surface area (Å²) in [4.78, 5) is 16.8. The van der Waals surface area contributed by atoms with Crippen molar-refractivity contribution < 1.29 is 27.5 Å². The molecule has 0 radical (unpaired) electrons. The van der Waals surface area contributed by atoms with E-state index >= 15 is 0 Å². The van der Waals surface area contributed by atoms with Crippen molar-refractivity contribution >= 4 is 7.60 Å². The van der Waals surface area contributed by atoms with Crippen molar-refractivity contribution in [2.45, 2.75) is 19.5 Å². The summed E-state index contributed by atoms with van der Waals surface area (Å²) in [5, 5.41) is -0.894. The zero-order valence-electron chi connectivity index (χ0n) is 6.17. The van der Waals surface area contributed by atoms with E-state index in [-0.39, 0.29) is 0 Å². The molecule has 0 aliphatic heterocycles. The summed E-state index contributed by atoms with van der Waals surface area (Å²) in [7, 11) is -4.73. The minimum Gasteiger partial charge on any atom is -0.321 e. The Morgan fingerprint density at radius 2 is 1.92 bits per heavy atom. The van der Waals surface area contributed by atoms with Crippen LogP contribution < -0.4 is 0 Å². The van der Waals surface area contributed by atoms with Gasteiger partial charge in [0.15, 0.2) is 0 Å². The van der Waals surface area contributed by atoms with E-state index in [1.165, 1.54) is 0 Å². The van der Waals surface area contributed by atoms with Gasteiger partial charge in [0, 0.05) is 5.31 Å². The van der Waals surface area contributed by atoms with Crippen molar-refractivity contribution in [3.8, 4) is 0 Å². The number of allylic oxidation sites excluding steroid dienone is 2. The van der Waals surface area contributed by atoms with Gasteiger partial charge in [0.1, 0.15) is 0 Å². The average Bonchev–Trinajstić information content (AvgIpc) is 1.78. The van der Waals surface area contributed by atoms with Crippen molar-refractivity contribution in [2.24, 2.45) is 0 Å². The Bertz CT molecular complexity index is 227. The van der Waals surface area contributed by atoms with Crippen LogP contribution in [0.4, 0.5) is 13.2 Å². The molecule has 0 atom stereocenters. The van der Waals surface area contributed by atoms with E-state index in [1.54, 1.807) is 0 Å². The van der Waals surface area contributed by atoms with Crippen LogP contribution in [0.3, 0.4) is 0 Å². The normalized spacial score (nSPS) is 15.0. The predicted molar refractivity (Wildman–Crippen MR) is 36.5 cm³/mol. The molecule has 0 heterocycles. The lowest BCUT2D eigenvalue weighted by molar-refractivity contribution is -0.126. The van der Waals surface area contributed by atoms with E-state index in [0.717, 1.165) is 13.0 Å². The second-order valence-corrected chi connectivity index (χ2v) is 3.78. The van der Waals surface area contributed by atoms with Crippen molar-refractivity contribution in [2.75, 3.05) is 0 Å². The Morgan fingerprint density at radius 1 is 1.50 bits per heavy atom. The van der Waals surface area contributed by atoms with Crippen molar-refractivity contribution in [1.29, 1.82) is 0 Å². The fourth-order valence-electron chi connectivity index (χ4n) is 0.579. The monoisotopic (exact) mass is 204 g/mol. The molecule has 0 bridgehead atoms. The molecule has 0 aliphatic rings. The average molecular weight is 204 g/mol. The van der Waals surface area contributed by atoms with E-state index in [4.69, 9.17) is 9.79 Å². The maximum atomic E-state index is 11.6. The van der Waals surface area contributed by atoms with Crippen molar-refractivity contribution in [1.82, 2.24) is 0 Å². The van der Waals surface area contributed by atoms with Crippen LogP contribution in [-0.4, -0.2) is 16.0 Å². The first-order valence-corrected chi connectivity index (χ1v) is 4.56. The summed E-state index contributed by atoms with van der Waals surface area (Å²) in [6.45, 7) is 1.15. The van der Waals surface area contributed by atoms with Crippen molar-refractivity contribution in [3.05, 3.63) is 11.4 Å². The standard InChI is InChI=1S/C5H8F3O3P/c1-2-4(12(9,10)11)3-5(6,7)8/h2H,3H2,1H3,(H2,9,10,11)/b4-2-. The Labute approximate surface area is 67.1 Å². The highest BCUT2D eigenvalue weighted by Crippen LogP contribution is 2.49. The summed E-state index contributed by atoms with van der Waals surface area (Å²) >= 11 is 0. The molecule has 0 aromatic carbocycles. The number of alkyl halides is 3. The van der Waals surface area contributed by atoms with E-state index in [1.807, 2.05) is 0 Å². The third kappa shape index (κ3) is 4.54. The fourth-order valence-corrected chi connectivity index (χ4v) is 1.30. The summed E-state index contributed by atoms with van der Waals surface area (Å²) in [6.07, 6.45) is -5.36. The summed E-state index contributed by atoms with van der Waals surface area (Å²) in [5.41, 5.74) is 0. The maximum absolute atomic E-state index is 11.6. The SMILES string of the molecule is C/C=C(/CC(F)(F)F)P(=O)(O)O. The molecular formula is C5H8F3O3P. The van der Waals surface area contributed by atoms with Gasteiger partial charge in [-0.3, -0.25) is 4.57 Å². The van der Waals surface area contributed by atoms with Gasteiger partial charge in [-0.25, -0.2) is 0 Å². The van der Waals surface area contributed by atoms with Crippen LogP contribution in [0.5, 0.6) is 0 Å². The highest BCUT2D eigenvalue weighted by atomic mass is 31.2. The van der Waals surface area contributed by atoms with Gasteiger partial charge in [-0.15, -0.1) is 0 Å². The molecule has 0 unspecified atom stereocenters. The minimum atomic E-state index is -4.73. The summed E-state index contributed by atoms with van der Waals surface area (Å²) in [5.74, 6) is 0. The van der Waals surface area contributed by atoms with Gasteiger partial charge in [-0.2, -0.15) is 13.2 Å². The Hall–Kier alpha value is -0.320. The van der Waals surface area contributed by atoms with Crippen LogP contribution in [0.15, 0.2) is 11.4 Å². The molecule has 0 saturated heterocycles. The van der Waals surface area contributed by atoms with E-state index in [0.29, 0.717) is 0 Å². The van der Waals surface area contributed by atoms with Crippen LogP contribution in [0.1, 0.15) is 13.3 Å². The predicted octanol–water partition coefficient (Wildman–Crippen LogP) is 2.02. The molecule has 0 aromatic heterocycles. The molecule has 72 valence electrons. The van der Waals surface area contributed by atoms with Crippen LogP contribution in [-0.2, 0) is 4.57 Å². The van der Waals surface area contributed by atoms with Crippen LogP contribution in [0.2, 0.25) is 0 Å².